The highest BCUT2D eigenvalue weighted by atomic mass is 32.2. The van der Waals surface area contributed by atoms with E-state index in [0.717, 1.165) is 16.5 Å². The predicted molar refractivity (Wildman–Crippen MR) is 76.6 cm³/mol. The van der Waals surface area contributed by atoms with Crippen LogP contribution in [-0.4, -0.2) is 17.5 Å². The number of furan rings is 1. The number of nitrogens with zero attached hydrogens (tertiary/aromatic N) is 1. The molecule has 0 aliphatic carbocycles. The van der Waals surface area contributed by atoms with Crippen molar-refractivity contribution in [1.29, 1.82) is 0 Å². The van der Waals surface area contributed by atoms with E-state index in [2.05, 4.69) is 17.1 Å². The molecule has 2 aromatic heterocycles. The molecule has 0 saturated heterocycles. The standard InChI is InChI=1S/C15H11NO2S/c1-19-13-4-2-10(3-5-13)14-8-16-7-11-6-12(9-17)18-15(11)14/h2-9H,1H3. The highest BCUT2D eigenvalue weighted by Crippen LogP contribution is 2.30. The van der Waals surface area contributed by atoms with Gasteiger partial charge in [0, 0.05) is 28.2 Å². The molecule has 94 valence electrons. The van der Waals surface area contributed by atoms with Crippen molar-refractivity contribution in [3.05, 3.63) is 48.5 Å². The molecule has 0 bridgehead atoms. The fourth-order valence-corrected chi connectivity index (χ4v) is 2.42. The molecule has 0 amide bonds. The van der Waals surface area contributed by atoms with E-state index in [1.54, 1.807) is 30.2 Å². The van der Waals surface area contributed by atoms with Gasteiger partial charge in [0.25, 0.3) is 0 Å². The van der Waals surface area contributed by atoms with Gasteiger partial charge in [-0.3, -0.25) is 9.78 Å². The summed E-state index contributed by atoms with van der Waals surface area (Å²) in [6, 6.07) is 9.89. The van der Waals surface area contributed by atoms with Crippen LogP contribution in [-0.2, 0) is 0 Å². The quantitative estimate of drug-likeness (QED) is 0.532. The van der Waals surface area contributed by atoms with E-state index in [1.807, 2.05) is 18.4 Å². The molecule has 0 atom stereocenters. The number of aromatic nitrogens is 1. The van der Waals surface area contributed by atoms with Gasteiger partial charge in [0.2, 0.25) is 0 Å². The molecule has 0 spiro atoms. The van der Waals surface area contributed by atoms with Crippen LogP contribution in [0.2, 0.25) is 0 Å². The Hall–Kier alpha value is -2.07. The van der Waals surface area contributed by atoms with Crippen LogP contribution in [0.4, 0.5) is 0 Å². The summed E-state index contributed by atoms with van der Waals surface area (Å²) in [5.41, 5.74) is 2.63. The molecule has 0 unspecified atom stereocenters. The Morgan fingerprint density at radius 2 is 2.00 bits per heavy atom. The molecular formula is C15H11NO2S. The molecule has 1 aromatic carbocycles. The van der Waals surface area contributed by atoms with Gasteiger partial charge in [-0.25, -0.2) is 0 Å². The number of hydrogen-bond acceptors (Lipinski definition) is 4. The molecule has 4 heteroatoms. The molecule has 3 rings (SSSR count). The lowest BCUT2D eigenvalue weighted by Gasteiger charge is -2.03. The minimum Gasteiger partial charge on any atom is -0.453 e. The van der Waals surface area contributed by atoms with Crippen LogP contribution in [0.15, 0.2) is 52.0 Å². The Balaban J connectivity index is 2.17. The maximum atomic E-state index is 10.8. The molecular weight excluding hydrogens is 258 g/mol. The number of rotatable bonds is 3. The van der Waals surface area contributed by atoms with Gasteiger partial charge in [-0.1, -0.05) is 12.1 Å². The second-order valence-corrected chi connectivity index (χ2v) is 4.98. The summed E-state index contributed by atoms with van der Waals surface area (Å²) in [6.45, 7) is 0. The van der Waals surface area contributed by atoms with Gasteiger partial charge in [-0.2, -0.15) is 0 Å². The van der Waals surface area contributed by atoms with E-state index in [9.17, 15) is 4.79 Å². The number of benzene rings is 1. The third kappa shape index (κ3) is 2.15. The summed E-state index contributed by atoms with van der Waals surface area (Å²) < 4.78 is 5.55. The highest BCUT2D eigenvalue weighted by Gasteiger charge is 2.10. The van der Waals surface area contributed by atoms with Crippen molar-refractivity contribution < 1.29 is 9.21 Å². The van der Waals surface area contributed by atoms with E-state index in [1.165, 1.54) is 4.90 Å². The summed E-state index contributed by atoms with van der Waals surface area (Å²) in [5, 5.41) is 0.841. The molecule has 0 aliphatic rings. The first-order chi connectivity index (χ1) is 9.31. The molecule has 3 aromatic rings. The first kappa shape index (κ1) is 12.0. The van der Waals surface area contributed by atoms with Crippen molar-refractivity contribution in [1.82, 2.24) is 4.98 Å². The second-order valence-electron chi connectivity index (χ2n) is 4.10. The number of carbonyl (C=O) groups excluding carboxylic acids is 1. The molecule has 0 aliphatic heterocycles. The minimum atomic E-state index is 0.324. The first-order valence-electron chi connectivity index (χ1n) is 5.79. The van der Waals surface area contributed by atoms with Crippen LogP contribution >= 0.6 is 11.8 Å². The molecule has 3 nitrogen and oxygen atoms in total. The van der Waals surface area contributed by atoms with Gasteiger partial charge < -0.3 is 4.42 Å². The van der Waals surface area contributed by atoms with Gasteiger partial charge >= 0.3 is 0 Å². The van der Waals surface area contributed by atoms with Crippen molar-refractivity contribution in [3.63, 3.8) is 0 Å². The van der Waals surface area contributed by atoms with Crippen molar-refractivity contribution >= 4 is 29.0 Å². The van der Waals surface area contributed by atoms with Crippen LogP contribution < -0.4 is 0 Å². The lowest BCUT2D eigenvalue weighted by atomic mass is 10.1. The summed E-state index contributed by atoms with van der Waals surface area (Å²) in [6.07, 6.45) is 6.21. The second kappa shape index (κ2) is 4.90. The highest BCUT2D eigenvalue weighted by molar-refractivity contribution is 7.98. The molecule has 2 heterocycles. The van der Waals surface area contributed by atoms with Gasteiger partial charge in [0.05, 0.1) is 0 Å². The Morgan fingerprint density at radius 3 is 2.68 bits per heavy atom. The Kier molecular flexibility index (Phi) is 3.09. The van der Waals surface area contributed by atoms with E-state index in [4.69, 9.17) is 4.42 Å². The maximum absolute atomic E-state index is 10.8. The number of fused-ring (bicyclic) bond motifs is 1. The zero-order chi connectivity index (χ0) is 13.2. The average Bonchev–Trinajstić information content (AvgIpc) is 2.90. The maximum Gasteiger partial charge on any atom is 0.185 e. The van der Waals surface area contributed by atoms with E-state index >= 15 is 0 Å². The lowest BCUT2D eigenvalue weighted by Crippen LogP contribution is -1.81. The smallest absolute Gasteiger partial charge is 0.185 e. The zero-order valence-electron chi connectivity index (χ0n) is 10.3. The topological polar surface area (TPSA) is 43.1 Å². The fourth-order valence-electron chi connectivity index (χ4n) is 2.02. The van der Waals surface area contributed by atoms with Crippen LogP contribution in [0.3, 0.4) is 0 Å². The number of hydrogen-bond donors (Lipinski definition) is 0. The monoisotopic (exact) mass is 269 g/mol. The van der Waals surface area contributed by atoms with E-state index < -0.39 is 0 Å². The molecule has 0 radical (unpaired) electrons. The predicted octanol–water partition coefficient (Wildman–Crippen LogP) is 4.03. The Labute approximate surface area is 114 Å². The van der Waals surface area contributed by atoms with Crippen molar-refractivity contribution in [2.24, 2.45) is 0 Å². The summed E-state index contributed by atoms with van der Waals surface area (Å²) in [5.74, 6) is 0.324. The van der Waals surface area contributed by atoms with E-state index in [0.29, 0.717) is 17.6 Å². The number of aldehydes is 1. The third-order valence-electron chi connectivity index (χ3n) is 2.96. The lowest BCUT2D eigenvalue weighted by molar-refractivity contribution is 0.110. The van der Waals surface area contributed by atoms with Crippen LogP contribution in [0.25, 0.3) is 22.1 Å². The van der Waals surface area contributed by atoms with Crippen molar-refractivity contribution in [2.75, 3.05) is 6.26 Å². The fraction of sp³-hybridized carbons (Fsp3) is 0.0667. The van der Waals surface area contributed by atoms with E-state index in [-0.39, 0.29) is 0 Å². The van der Waals surface area contributed by atoms with Crippen LogP contribution in [0, 0.1) is 0 Å². The van der Waals surface area contributed by atoms with Gasteiger partial charge in [0.15, 0.2) is 12.0 Å². The Bertz CT molecular complexity index is 731. The third-order valence-corrected chi connectivity index (χ3v) is 3.70. The van der Waals surface area contributed by atoms with Crippen LogP contribution in [0.5, 0.6) is 0 Å². The average molecular weight is 269 g/mol. The van der Waals surface area contributed by atoms with Crippen LogP contribution in [0.1, 0.15) is 10.6 Å². The molecule has 0 saturated carbocycles. The zero-order valence-corrected chi connectivity index (χ0v) is 11.1. The van der Waals surface area contributed by atoms with Gasteiger partial charge in [0.1, 0.15) is 5.58 Å². The van der Waals surface area contributed by atoms with Gasteiger partial charge in [-0.05, 0) is 30.0 Å². The number of thioether (sulfide) groups is 1. The summed E-state index contributed by atoms with van der Waals surface area (Å²) in [4.78, 5) is 16.2. The Morgan fingerprint density at radius 1 is 1.21 bits per heavy atom. The molecule has 19 heavy (non-hydrogen) atoms. The summed E-state index contributed by atoms with van der Waals surface area (Å²) >= 11 is 1.70. The SMILES string of the molecule is CSc1ccc(-c2cncc3cc(C=O)oc23)cc1. The first-order valence-corrected chi connectivity index (χ1v) is 7.01. The number of pyridine rings is 1. The summed E-state index contributed by atoms with van der Waals surface area (Å²) in [7, 11) is 0. The van der Waals surface area contributed by atoms with Gasteiger partial charge in [-0.15, -0.1) is 11.8 Å². The molecule has 0 N–H and O–H groups in total. The largest absolute Gasteiger partial charge is 0.453 e. The van der Waals surface area contributed by atoms with Crippen molar-refractivity contribution in [3.8, 4) is 11.1 Å². The van der Waals surface area contributed by atoms with Crippen molar-refractivity contribution in [2.45, 2.75) is 4.90 Å². The normalized spacial score (nSPS) is 10.8. The number of carbonyl (C=O) groups is 1. The minimum absolute atomic E-state index is 0.324. The molecule has 0 fully saturated rings.